The van der Waals surface area contributed by atoms with Gasteiger partial charge in [-0.1, -0.05) is 11.6 Å². The largest absolute Gasteiger partial charge is 0.390 e. The van der Waals surface area contributed by atoms with Crippen LogP contribution < -0.4 is 0 Å². The van der Waals surface area contributed by atoms with E-state index in [1.807, 2.05) is 0 Å². The summed E-state index contributed by atoms with van der Waals surface area (Å²) < 4.78 is 0.896. The predicted octanol–water partition coefficient (Wildman–Crippen LogP) is 1.83. The van der Waals surface area contributed by atoms with Gasteiger partial charge in [-0.05, 0) is 28.7 Å². The average molecular weight is 269 g/mol. The van der Waals surface area contributed by atoms with Gasteiger partial charge in [0.05, 0.1) is 17.3 Å². The van der Waals surface area contributed by atoms with Crippen LogP contribution >= 0.6 is 34.2 Å². The highest BCUT2D eigenvalue weighted by molar-refractivity contribution is 14.1. The van der Waals surface area contributed by atoms with E-state index in [2.05, 4.69) is 27.6 Å². The van der Waals surface area contributed by atoms with E-state index in [4.69, 9.17) is 16.7 Å². The smallest absolute Gasteiger partial charge is 0.0863 e. The molecule has 1 aromatic rings. The second kappa shape index (κ2) is 3.50. The summed E-state index contributed by atoms with van der Waals surface area (Å²) in [5, 5.41) is 9.30. The monoisotopic (exact) mass is 269 g/mol. The fraction of sp³-hybridized carbons (Fsp3) is 0.167. The van der Waals surface area contributed by atoms with Gasteiger partial charge >= 0.3 is 0 Å². The second-order valence-corrected chi connectivity index (χ2v) is 3.34. The number of hydrogen-bond donors (Lipinski definition) is 1. The van der Waals surface area contributed by atoms with Gasteiger partial charge in [0.15, 0.2) is 0 Å². The van der Waals surface area contributed by atoms with Crippen LogP contribution in [0.5, 0.6) is 0 Å². The molecule has 0 aliphatic carbocycles. The van der Waals surface area contributed by atoms with Gasteiger partial charge in [0.1, 0.15) is 0 Å². The highest BCUT2D eigenvalue weighted by atomic mass is 127. The molecule has 0 atom stereocenters. The molecule has 4 heteroatoms. The molecule has 1 aromatic heterocycles. The first kappa shape index (κ1) is 8.23. The molecular formula is C6H5ClINO. The second-order valence-electron chi connectivity index (χ2n) is 1.74. The van der Waals surface area contributed by atoms with Crippen LogP contribution in [0.3, 0.4) is 0 Å². The molecule has 0 radical (unpaired) electrons. The van der Waals surface area contributed by atoms with Crippen LogP contribution in [0.2, 0.25) is 5.02 Å². The van der Waals surface area contributed by atoms with Gasteiger partial charge in [0.2, 0.25) is 0 Å². The maximum absolute atomic E-state index is 8.70. The predicted molar refractivity (Wildman–Crippen MR) is 47.9 cm³/mol. The molecule has 0 saturated heterocycles. The van der Waals surface area contributed by atoms with Crippen molar-refractivity contribution in [1.29, 1.82) is 0 Å². The molecule has 0 saturated carbocycles. The molecule has 0 unspecified atom stereocenters. The van der Waals surface area contributed by atoms with Crippen LogP contribution in [0.1, 0.15) is 5.69 Å². The zero-order valence-corrected chi connectivity index (χ0v) is 7.93. The van der Waals surface area contributed by atoms with E-state index < -0.39 is 0 Å². The van der Waals surface area contributed by atoms with Crippen LogP contribution in [0.4, 0.5) is 0 Å². The number of aliphatic hydroxyl groups excluding tert-OH is 1. The number of aliphatic hydroxyl groups is 1. The van der Waals surface area contributed by atoms with Gasteiger partial charge in [-0.3, -0.25) is 4.98 Å². The van der Waals surface area contributed by atoms with Crippen molar-refractivity contribution in [1.82, 2.24) is 4.98 Å². The third-order valence-corrected chi connectivity index (χ3v) is 2.17. The van der Waals surface area contributed by atoms with E-state index in [1.54, 1.807) is 6.07 Å². The Morgan fingerprint density at radius 2 is 2.40 bits per heavy atom. The highest BCUT2D eigenvalue weighted by Gasteiger charge is 1.98. The number of pyridine rings is 1. The minimum Gasteiger partial charge on any atom is -0.390 e. The minimum absolute atomic E-state index is 0.0323. The summed E-state index contributed by atoms with van der Waals surface area (Å²) >= 11 is 7.70. The van der Waals surface area contributed by atoms with E-state index in [9.17, 15) is 0 Å². The summed E-state index contributed by atoms with van der Waals surface area (Å²) in [7, 11) is 0. The fourth-order valence-electron chi connectivity index (χ4n) is 0.559. The molecule has 0 amide bonds. The molecule has 0 aliphatic rings. The minimum atomic E-state index is -0.0323. The lowest BCUT2D eigenvalue weighted by atomic mass is 10.4. The number of nitrogens with zero attached hydrogens (tertiary/aromatic N) is 1. The first-order valence-electron chi connectivity index (χ1n) is 2.65. The Morgan fingerprint density at radius 1 is 1.70 bits per heavy atom. The lowest BCUT2D eigenvalue weighted by molar-refractivity contribution is 0.276. The molecule has 0 bridgehead atoms. The van der Waals surface area contributed by atoms with Gasteiger partial charge in [-0.2, -0.15) is 0 Å². The Labute approximate surface area is 77.4 Å². The number of hydrogen-bond acceptors (Lipinski definition) is 2. The van der Waals surface area contributed by atoms with E-state index in [1.165, 1.54) is 6.20 Å². The number of aromatic nitrogens is 1. The fourth-order valence-corrected chi connectivity index (χ4v) is 1.55. The molecule has 1 rings (SSSR count). The Balaban J connectivity index is 3.07. The molecule has 0 aliphatic heterocycles. The van der Waals surface area contributed by atoms with Crippen LogP contribution in [0.25, 0.3) is 0 Å². The molecule has 1 N–H and O–H groups in total. The van der Waals surface area contributed by atoms with Crippen molar-refractivity contribution in [2.24, 2.45) is 0 Å². The normalized spacial score (nSPS) is 9.90. The van der Waals surface area contributed by atoms with E-state index in [0.29, 0.717) is 10.7 Å². The SMILES string of the molecule is OCc1ncc(Cl)cc1I. The van der Waals surface area contributed by atoms with Crippen molar-refractivity contribution in [3.8, 4) is 0 Å². The van der Waals surface area contributed by atoms with Crippen molar-refractivity contribution in [2.45, 2.75) is 6.61 Å². The third-order valence-electron chi connectivity index (χ3n) is 1.03. The Bertz CT molecular complexity index is 241. The lowest BCUT2D eigenvalue weighted by Gasteiger charge is -1.97. The van der Waals surface area contributed by atoms with Crippen LogP contribution in [-0.2, 0) is 6.61 Å². The zero-order valence-electron chi connectivity index (χ0n) is 5.01. The summed E-state index contributed by atoms with van der Waals surface area (Å²) in [4.78, 5) is 3.91. The number of halogens is 2. The van der Waals surface area contributed by atoms with Crippen molar-refractivity contribution in [3.63, 3.8) is 0 Å². The molecule has 2 nitrogen and oxygen atoms in total. The summed E-state index contributed by atoms with van der Waals surface area (Å²) in [6.07, 6.45) is 1.52. The highest BCUT2D eigenvalue weighted by Crippen LogP contribution is 2.14. The summed E-state index contributed by atoms with van der Waals surface area (Å²) in [5.41, 5.74) is 0.671. The zero-order chi connectivity index (χ0) is 7.56. The van der Waals surface area contributed by atoms with Crippen LogP contribution in [0.15, 0.2) is 12.3 Å². The quantitative estimate of drug-likeness (QED) is 0.789. The van der Waals surface area contributed by atoms with Gasteiger partial charge < -0.3 is 5.11 Å². The molecule has 0 aromatic carbocycles. The maximum atomic E-state index is 8.70. The van der Waals surface area contributed by atoms with Crippen molar-refractivity contribution in [2.75, 3.05) is 0 Å². The number of rotatable bonds is 1. The Morgan fingerprint density at radius 3 is 2.90 bits per heavy atom. The third kappa shape index (κ3) is 1.81. The van der Waals surface area contributed by atoms with E-state index in [0.717, 1.165) is 3.57 Å². The standard InChI is InChI=1S/C6H5ClINO/c7-4-1-5(8)6(3-10)9-2-4/h1-2,10H,3H2. The molecule has 0 fully saturated rings. The van der Waals surface area contributed by atoms with Crippen molar-refractivity contribution in [3.05, 3.63) is 26.5 Å². The summed E-state index contributed by atoms with van der Waals surface area (Å²) in [6, 6.07) is 1.76. The average Bonchev–Trinajstić information content (AvgIpc) is 1.88. The molecule has 54 valence electrons. The summed E-state index contributed by atoms with van der Waals surface area (Å²) in [6.45, 7) is -0.0323. The van der Waals surface area contributed by atoms with Crippen molar-refractivity contribution < 1.29 is 5.11 Å². The lowest BCUT2D eigenvalue weighted by Crippen LogP contribution is -1.91. The summed E-state index contributed by atoms with van der Waals surface area (Å²) in [5.74, 6) is 0. The first-order valence-corrected chi connectivity index (χ1v) is 4.10. The first-order chi connectivity index (χ1) is 4.74. The van der Waals surface area contributed by atoms with E-state index in [-0.39, 0.29) is 6.61 Å². The molecule has 1 heterocycles. The molecule has 0 spiro atoms. The molecule has 10 heavy (non-hydrogen) atoms. The van der Waals surface area contributed by atoms with Crippen molar-refractivity contribution >= 4 is 34.2 Å². The van der Waals surface area contributed by atoms with Gasteiger partial charge in [0.25, 0.3) is 0 Å². The Kier molecular flexibility index (Phi) is 2.88. The van der Waals surface area contributed by atoms with Crippen LogP contribution in [0, 0.1) is 3.57 Å². The maximum Gasteiger partial charge on any atom is 0.0863 e. The van der Waals surface area contributed by atoms with Gasteiger partial charge in [-0.15, -0.1) is 0 Å². The van der Waals surface area contributed by atoms with Gasteiger partial charge in [-0.25, -0.2) is 0 Å². The molecular weight excluding hydrogens is 264 g/mol. The topological polar surface area (TPSA) is 33.1 Å². The van der Waals surface area contributed by atoms with Crippen LogP contribution in [-0.4, -0.2) is 10.1 Å². The van der Waals surface area contributed by atoms with Gasteiger partial charge in [0, 0.05) is 9.77 Å². The van der Waals surface area contributed by atoms with E-state index >= 15 is 0 Å². The Hall–Kier alpha value is 0.130.